The molecule has 0 amide bonds. The Bertz CT molecular complexity index is 872. The molecule has 4 nitrogen and oxygen atoms in total. The number of hydrogen-bond donors (Lipinski definition) is 1. The van der Waals surface area contributed by atoms with Gasteiger partial charge in [0.1, 0.15) is 5.69 Å². The maximum Gasteiger partial charge on any atom is 0.273 e. The van der Waals surface area contributed by atoms with E-state index in [2.05, 4.69) is 16.8 Å². The van der Waals surface area contributed by atoms with E-state index in [1.807, 2.05) is 60.7 Å². The minimum Gasteiger partial charge on any atom is -0.431 e. The van der Waals surface area contributed by atoms with E-state index in [1.54, 1.807) is 0 Å². The Kier molecular flexibility index (Phi) is 4.32. The van der Waals surface area contributed by atoms with Gasteiger partial charge in [0.25, 0.3) is 5.78 Å². The van der Waals surface area contributed by atoms with Crippen molar-refractivity contribution in [2.24, 2.45) is 5.73 Å². The number of carbonyl (C=O) groups excluding carboxylic acids is 1. The van der Waals surface area contributed by atoms with Crippen LogP contribution in [0, 0.1) is 11.8 Å². The smallest absolute Gasteiger partial charge is 0.273 e. The highest BCUT2D eigenvalue weighted by Crippen LogP contribution is 2.29. The average molecular weight is 302 g/mol. The number of carbonyl (C=O) groups is 1. The van der Waals surface area contributed by atoms with Gasteiger partial charge in [-0.25, -0.2) is 4.98 Å². The summed E-state index contributed by atoms with van der Waals surface area (Å²) >= 11 is 0. The summed E-state index contributed by atoms with van der Waals surface area (Å²) in [7, 11) is 0. The lowest BCUT2D eigenvalue weighted by Gasteiger charge is -1.96. The molecule has 0 aliphatic carbocycles. The van der Waals surface area contributed by atoms with Crippen LogP contribution in [0.4, 0.5) is 0 Å². The molecule has 0 unspecified atom stereocenters. The van der Waals surface area contributed by atoms with Gasteiger partial charge in [-0.3, -0.25) is 4.79 Å². The Hall–Kier alpha value is -3.16. The maximum absolute atomic E-state index is 12.3. The van der Waals surface area contributed by atoms with Crippen molar-refractivity contribution in [3.05, 3.63) is 66.4 Å². The van der Waals surface area contributed by atoms with Gasteiger partial charge in [-0.1, -0.05) is 54.5 Å². The van der Waals surface area contributed by atoms with Crippen LogP contribution in [0.15, 0.2) is 65.1 Å². The fourth-order valence-corrected chi connectivity index (χ4v) is 2.16. The zero-order valence-electron chi connectivity index (χ0n) is 12.3. The Balaban J connectivity index is 2.13. The highest BCUT2D eigenvalue weighted by atomic mass is 16.4. The SMILES string of the molecule is NCC#CC(=O)c1oc(-c2ccccc2)nc1-c1ccccc1. The molecule has 112 valence electrons. The molecule has 0 bridgehead atoms. The maximum atomic E-state index is 12.3. The second-order valence-electron chi connectivity index (χ2n) is 4.76. The second-order valence-corrected chi connectivity index (χ2v) is 4.76. The van der Waals surface area contributed by atoms with Crippen molar-refractivity contribution in [2.45, 2.75) is 0 Å². The van der Waals surface area contributed by atoms with Crippen LogP contribution in [0.5, 0.6) is 0 Å². The first-order valence-electron chi connectivity index (χ1n) is 7.14. The molecule has 2 aromatic carbocycles. The van der Waals surface area contributed by atoms with Gasteiger partial charge in [0.2, 0.25) is 11.7 Å². The van der Waals surface area contributed by atoms with Gasteiger partial charge in [0.15, 0.2) is 0 Å². The molecule has 0 aliphatic rings. The van der Waals surface area contributed by atoms with Gasteiger partial charge in [-0.15, -0.1) is 0 Å². The quantitative estimate of drug-likeness (QED) is 0.458. The van der Waals surface area contributed by atoms with Crippen molar-refractivity contribution in [1.82, 2.24) is 4.98 Å². The lowest BCUT2D eigenvalue weighted by atomic mass is 10.1. The number of rotatable bonds is 3. The second kappa shape index (κ2) is 6.73. The van der Waals surface area contributed by atoms with E-state index in [-0.39, 0.29) is 12.3 Å². The highest BCUT2D eigenvalue weighted by Gasteiger charge is 2.20. The predicted octanol–water partition coefficient (Wildman–Crippen LogP) is 3.15. The van der Waals surface area contributed by atoms with Crippen molar-refractivity contribution in [3.63, 3.8) is 0 Å². The molecule has 0 radical (unpaired) electrons. The topological polar surface area (TPSA) is 69.1 Å². The van der Waals surface area contributed by atoms with Crippen molar-refractivity contribution in [1.29, 1.82) is 0 Å². The molecule has 1 heterocycles. The van der Waals surface area contributed by atoms with Crippen molar-refractivity contribution in [3.8, 4) is 34.6 Å². The minimum absolute atomic E-state index is 0.117. The van der Waals surface area contributed by atoms with Crippen molar-refractivity contribution >= 4 is 5.78 Å². The third-order valence-electron chi connectivity index (χ3n) is 3.21. The molecule has 0 fully saturated rings. The Morgan fingerprint density at radius 3 is 2.22 bits per heavy atom. The van der Waals surface area contributed by atoms with Gasteiger partial charge in [-0.2, -0.15) is 0 Å². The number of aromatic nitrogens is 1. The lowest BCUT2D eigenvalue weighted by Crippen LogP contribution is -1.99. The Morgan fingerprint density at radius 1 is 1.00 bits per heavy atom. The van der Waals surface area contributed by atoms with Gasteiger partial charge in [0, 0.05) is 11.1 Å². The number of Topliss-reactive ketones (excluding diaryl/α,β-unsaturated/α-hetero) is 1. The van der Waals surface area contributed by atoms with Crippen LogP contribution >= 0.6 is 0 Å². The van der Waals surface area contributed by atoms with Crippen LogP contribution in [-0.2, 0) is 0 Å². The van der Waals surface area contributed by atoms with E-state index in [9.17, 15) is 4.79 Å². The summed E-state index contributed by atoms with van der Waals surface area (Å²) in [5.41, 5.74) is 7.42. The fourth-order valence-electron chi connectivity index (χ4n) is 2.16. The molecule has 0 atom stereocenters. The molecule has 1 aromatic heterocycles. The Labute approximate surface area is 134 Å². The number of nitrogens with two attached hydrogens (primary N) is 1. The normalized spacial score (nSPS) is 9.96. The van der Waals surface area contributed by atoms with Crippen LogP contribution in [0.2, 0.25) is 0 Å². The number of hydrogen-bond acceptors (Lipinski definition) is 4. The molecule has 0 saturated carbocycles. The lowest BCUT2D eigenvalue weighted by molar-refractivity contribution is 0.103. The number of nitrogens with zero attached hydrogens (tertiary/aromatic N) is 1. The van der Waals surface area contributed by atoms with Crippen LogP contribution in [0.25, 0.3) is 22.7 Å². The van der Waals surface area contributed by atoms with E-state index in [0.717, 1.165) is 11.1 Å². The summed E-state index contributed by atoms with van der Waals surface area (Å²) in [6, 6.07) is 18.8. The minimum atomic E-state index is -0.427. The average Bonchev–Trinajstić information content (AvgIpc) is 3.07. The standard InChI is InChI=1S/C19H14N2O2/c20-13-7-12-16(22)18-17(14-8-3-1-4-9-14)21-19(23-18)15-10-5-2-6-11-15/h1-6,8-11H,13,20H2. The molecular formula is C19H14N2O2. The summed E-state index contributed by atoms with van der Waals surface area (Å²) in [5, 5.41) is 0. The van der Waals surface area contributed by atoms with E-state index >= 15 is 0 Å². The van der Waals surface area contributed by atoms with Gasteiger partial charge >= 0.3 is 0 Å². The largest absolute Gasteiger partial charge is 0.431 e. The van der Waals surface area contributed by atoms with Crippen LogP contribution in [-0.4, -0.2) is 17.3 Å². The van der Waals surface area contributed by atoms with Crippen LogP contribution < -0.4 is 5.73 Å². The first-order chi connectivity index (χ1) is 11.3. The highest BCUT2D eigenvalue weighted by molar-refractivity contribution is 6.10. The Morgan fingerprint density at radius 2 is 1.61 bits per heavy atom. The fraction of sp³-hybridized carbons (Fsp3) is 0.0526. The molecule has 0 aliphatic heterocycles. The molecule has 3 aromatic rings. The van der Waals surface area contributed by atoms with Gasteiger partial charge in [0.05, 0.1) is 6.54 Å². The molecule has 23 heavy (non-hydrogen) atoms. The molecule has 4 heteroatoms. The molecule has 2 N–H and O–H groups in total. The summed E-state index contributed by atoms with van der Waals surface area (Å²) in [6.07, 6.45) is 0. The summed E-state index contributed by atoms with van der Waals surface area (Å²) in [6.45, 7) is 0.117. The predicted molar refractivity (Wildman–Crippen MR) is 88.5 cm³/mol. The third kappa shape index (κ3) is 3.20. The third-order valence-corrected chi connectivity index (χ3v) is 3.21. The molecule has 3 rings (SSSR count). The number of oxazole rings is 1. The van der Waals surface area contributed by atoms with E-state index < -0.39 is 5.78 Å². The monoisotopic (exact) mass is 302 g/mol. The van der Waals surface area contributed by atoms with Crippen LogP contribution in [0.1, 0.15) is 10.6 Å². The van der Waals surface area contributed by atoms with Gasteiger partial charge in [-0.05, 0) is 18.1 Å². The first-order valence-corrected chi connectivity index (χ1v) is 7.14. The van der Waals surface area contributed by atoms with Gasteiger partial charge < -0.3 is 10.2 Å². The van der Waals surface area contributed by atoms with Crippen molar-refractivity contribution < 1.29 is 9.21 Å². The summed E-state index contributed by atoms with van der Waals surface area (Å²) < 4.78 is 5.71. The number of ketones is 1. The summed E-state index contributed by atoms with van der Waals surface area (Å²) in [4.78, 5) is 16.8. The van der Waals surface area contributed by atoms with Crippen LogP contribution in [0.3, 0.4) is 0 Å². The molecule has 0 spiro atoms. The summed E-state index contributed by atoms with van der Waals surface area (Å²) in [5.74, 6) is 5.14. The van der Waals surface area contributed by atoms with E-state index in [0.29, 0.717) is 11.6 Å². The number of benzene rings is 2. The van der Waals surface area contributed by atoms with E-state index in [1.165, 1.54) is 0 Å². The zero-order chi connectivity index (χ0) is 16.1. The zero-order valence-corrected chi connectivity index (χ0v) is 12.3. The van der Waals surface area contributed by atoms with Crippen molar-refractivity contribution in [2.75, 3.05) is 6.54 Å². The first kappa shape index (κ1) is 14.8. The molecule has 0 saturated heterocycles. The molecular weight excluding hydrogens is 288 g/mol. The van der Waals surface area contributed by atoms with E-state index in [4.69, 9.17) is 10.2 Å².